The molecule has 0 saturated heterocycles. The van der Waals surface area contributed by atoms with E-state index in [2.05, 4.69) is 5.32 Å². The van der Waals surface area contributed by atoms with Crippen LogP contribution >= 0.6 is 11.6 Å². The van der Waals surface area contributed by atoms with Gasteiger partial charge < -0.3 is 10.2 Å². The number of nitrogens with zero attached hydrogens (tertiary/aromatic N) is 1. The molecular weight excluding hydrogens is 236 g/mol. The van der Waals surface area contributed by atoms with Crippen molar-refractivity contribution in [1.29, 1.82) is 0 Å². The Labute approximate surface area is 108 Å². The van der Waals surface area contributed by atoms with Crippen LogP contribution in [0.1, 0.15) is 22.3 Å². The molecule has 0 spiro atoms. The highest BCUT2D eigenvalue weighted by molar-refractivity contribution is 6.17. The van der Waals surface area contributed by atoms with Crippen LogP contribution < -0.4 is 5.32 Å². The second-order valence-corrected chi connectivity index (χ2v) is 4.28. The lowest BCUT2D eigenvalue weighted by Crippen LogP contribution is -2.29. The van der Waals surface area contributed by atoms with Crippen LogP contribution in [0.5, 0.6) is 0 Å². The first-order valence-corrected chi connectivity index (χ1v) is 6.27. The average molecular weight is 255 g/mol. The number of halogens is 1. The molecule has 0 aromatic heterocycles. The predicted molar refractivity (Wildman–Crippen MR) is 71.5 cm³/mol. The molecule has 17 heavy (non-hydrogen) atoms. The number of carbonyl (C=O) groups excluding carboxylic acids is 1. The van der Waals surface area contributed by atoms with Crippen molar-refractivity contribution in [3.8, 4) is 0 Å². The molecule has 1 rings (SSSR count). The zero-order valence-corrected chi connectivity index (χ0v) is 11.1. The third-order valence-corrected chi connectivity index (χ3v) is 2.93. The highest BCUT2D eigenvalue weighted by Crippen LogP contribution is 2.09. The summed E-state index contributed by atoms with van der Waals surface area (Å²) in [7, 11) is 3.74. The Kier molecular flexibility index (Phi) is 6.01. The fourth-order valence-corrected chi connectivity index (χ4v) is 1.73. The molecule has 1 aromatic carbocycles. The summed E-state index contributed by atoms with van der Waals surface area (Å²) in [6.45, 7) is 1.68. The maximum atomic E-state index is 12.0. The van der Waals surface area contributed by atoms with Gasteiger partial charge in [0.2, 0.25) is 0 Å². The molecule has 0 heterocycles. The van der Waals surface area contributed by atoms with Crippen molar-refractivity contribution >= 4 is 17.5 Å². The minimum atomic E-state index is 0.0576. The minimum absolute atomic E-state index is 0.0576. The van der Waals surface area contributed by atoms with Crippen molar-refractivity contribution in [2.24, 2.45) is 0 Å². The Morgan fingerprint density at radius 1 is 1.35 bits per heavy atom. The van der Waals surface area contributed by atoms with Gasteiger partial charge in [0, 0.05) is 25.0 Å². The van der Waals surface area contributed by atoms with Crippen LogP contribution in [-0.4, -0.2) is 38.0 Å². The van der Waals surface area contributed by atoms with E-state index in [0.29, 0.717) is 11.4 Å². The molecule has 1 amide bonds. The van der Waals surface area contributed by atoms with Gasteiger partial charge in [-0.3, -0.25) is 4.79 Å². The molecule has 0 unspecified atom stereocenters. The van der Waals surface area contributed by atoms with Crippen LogP contribution in [0.3, 0.4) is 0 Å². The molecule has 1 aromatic rings. The fraction of sp³-hybridized carbons (Fsp3) is 0.462. The van der Waals surface area contributed by atoms with Gasteiger partial charge in [-0.15, -0.1) is 11.6 Å². The number of rotatable bonds is 6. The van der Waals surface area contributed by atoms with Gasteiger partial charge in [-0.2, -0.15) is 0 Å². The van der Waals surface area contributed by atoms with Gasteiger partial charge in [0.1, 0.15) is 0 Å². The third kappa shape index (κ3) is 4.36. The summed E-state index contributed by atoms with van der Waals surface area (Å²) in [5, 5.41) is 3.06. The highest BCUT2D eigenvalue weighted by atomic mass is 35.5. The number of alkyl halides is 1. The summed E-state index contributed by atoms with van der Waals surface area (Å²) < 4.78 is 0. The normalized spacial score (nSPS) is 10.3. The molecule has 94 valence electrons. The van der Waals surface area contributed by atoms with Gasteiger partial charge in [-0.05, 0) is 37.7 Å². The van der Waals surface area contributed by atoms with E-state index in [1.54, 1.807) is 4.90 Å². The molecule has 0 aliphatic carbocycles. The van der Waals surface area contributed by atoms with Gasteiger partial charge in [0.25, 0.3) is 5.91 Å². The number of nitrogens with one attached hydrogen (secondary N) is 1. The van der Waals surface area contributed by atoms with E-state index in [-0.39, 0.29) is 5.91 Å². The Balaban J connectivity index is 2.55. The number of hydrogen-bond donors (Lipinski definition) is 1. The van der Waals surface area contributed by atoms with Crippen molar-refractivity contribution in [2.45, 2.75) is 12.3 Å². The number of carbonyl (C=O) groups is 1. The van der Waals surface area contributed by atoms with E-state index in [9.17, 15) is 4.79 Å². The van der Waals surface area contributed by atoms with Crippen molar-refractivity contribution in [1.82, 2.24) is 10.2 Å². The lowest BCUT2D eigenvalue weighted by atomic mass is 10.1. The topological polar surface area (TPSA) is 32.3 Å². The molecule has 0 bridgehead atoms. The Hall–Kier alpha value is -1.06. The quantitative estimate of drug-likeness (QED) is 0.623. The van der Waals surface area contributed by atoms with Gasteiger partial charge in [0.05, 0.1) is 0 Å². The smallest absolute Gasteiger partial charge is 0.253 e. The van der Waals surface area contributed by atoms with Crippen LogP contribution in [0.2, 0.25) is 0 Å². The fourth-order valence-electron chi connectivity index (χ4n) is 1.55. The van der Waals surface area contributed by atoms with Crippen molar-refractivity contribution in [3.05, 3.63) is 35.4 Å². The van der Waals surface area contributed by atoms with Crippen LogP contribution in [0, 0.1) is 0 Å². The van der Waals surface area contributed by atoms with E-state index in [4.69, 9.17) is 11.6 Å². The molecule has 4 heteroatoms. The summed E-state index contributed by atoms with van der Waals surface area (Å²) in [6.07, 6.45) is 0.957. The first-order chi connectivity index (χ1) is 8.19. The Morgan fingerprint density at radius 3 is 2.53 bits per heavy atom. The standard InChI is InChI=1S/C13H19ClN2O/c1-15-8-3-9-16(2)13(17)12-6-4-11(10-14)5-7-12/h4-7,15H,3,8-10H2,1-2H3. The third-order valence-electron chi connectivity index (χ3n) is 2.62. The van der Waals surface area contributed by atoms with E-state index in [0.717, 1.165) is 25.1 Å². The number of hydrogen-bond acceptors (Lipinski definition) is 2. The maximum Gasteiger partial charge on any atom is 0.253 e. The van der Waals surface area contributed by atoms with Crippen LogP contribution in [-0.2, 0) is 5.88 Å². The van der Waals surface area contributed by atoms with E-state index >= 15 is 0 Å². The second kappa shape index (κ2) is 7.30. The monoisotopic (exact) mass is 254 g/mol. The lowest BCUT2D eigenvalue weighted by Gasteiger charge is -2.17. The summed E-state index contributed by atoms with van der Waals surface area (Å²) >= 11 is 5.70. The minimum Gasteiger partial charge on any atom is -0.342 e. The van der Waals surface area contributed by atoms with Crippen LogP contribution in [0.25, 0.3) is 0 Å². The SMILES string of the molecule is CNCCCN(C)C(=O)c1ccc(CCl)cc1. The summed E-state index contributed by atoms with van der Waals surface area (Å²) in [4.78, 5) is 13.8. The highest BCUT2D eigenvalue weighted by Gasteiger charge is 2.10. The summed E-state index contributed by atoms with van der Waals surface area (Å²) in [6, 6.07) is 7.44. The van der Waals surface area contributed by atoms with Gasteiger partial charge >= 0.3 is 0 Å². The zero-order valence-electron chi connectivity index (χ0n) is 10.4. The van der Waals surface area contributed by atoms with Crippen LogP contribution in [0.4, 0.5) is 0 Å². The van der Waals surface area contributed by atoms with E-state index in [1.165, 1.54) is 0 Å². The molecule has 3 nitrogen and oxygen atoms in total. The summed E-state index contributed by atoms with van der Waals surface area (Å²) in [5.74, 6) is 0.536. The molecule has 0 aliphatic rings. The van der Waals surface area contributed by atoms with Crippen molar-refractivity contribution in [2.75, 3.05) is 27.2 Å². The Bertz CT molecular complexity index is 351. The summed E-state index contributed by atoms with van der Waals surface area (Å²) in [5.41, 5.74) is 1.74. The van der Waals surface area contributed by atoms with E-state index in [1.807, 2.05) is 38.4 Å². The first-order valence-electron chi connectivity index (χ1n) is 5.74. The molecule has 0 atom stereocenters. The maximum absolute atomic E-state index is 12.0. The lowest BCUT2D eigenvalue weighted by molar-refractivity contribution is 0.0794. The molecular formula is C13H19ClN2O. The average Bonchev–Trinajstić information content (AvgIpc) is 2.38. The van der Waals surface area contributed by atoms with Gasteiger partial charge in [0.15, 0.2) is 0 Å². The molecule has 0 fully saturated rings. The van der Waals surface area contributed by atoms with E-state index < -0.39 is 0 Å². The van der Waals surface area contributed by atoms with Crippen LogP contribution in [0.15, 0.2) is 24.3 Å². The van der Waals surface area contributed by atoms with Gasteiger partial charge in [-0.25, -0.2) is 0 Å². The molecule has 1 N–H and O–H groups in total. The molecule has 0 aliphatic heterocycles. The predicted octanol–water partition coefficient (Wildman–Crippen LogP) is 2.11. The van der Waals surface area contributed by atoms with Crippen molar-refractivity contribution < 1.29 is 4.79 Å². The zero-order chi connectivity index (χ0) is 12.7. The first kappa shape index (κ1) is 14.0. The second-order valence-electron chi connectivity index (χ2n) is 4.01. The largest absolute Gasteiger partial charge is 0.342 e. The van der Waals surface area contributed by atoms with Gasteiger partial charge in [-0.1, -0.05) is 12.1 Å². The number of benzene rings is 1. The molecule has 0 radical (unpaired) electrons. The van der Waals surface area contributed by atoms with Crippen molar-refractivity contribution in [3.63, 3.8) is 0 Å². The molecule has 0 saturated carbocycles. The number of amides is 1. The Morgan fingerprint density at radius 2 is 2.00 bits per heavy atom.